The third-order valence-electron chi connectivity index (χ3n) is 6.16. The molecule has 0 atom stereocenters. The Labute approximate surface area is 191 Å². The lowest BCUT2D eigenvalue weighted by atomic mass is 10.0. The van der Waals surface area contributed by atoms with Crippen molar-refractivity contribution in [1.29, 1.82) is 0 Å². The maximum absolute atomic E-state index is 11.5. The molecule has 0 radical (unpaired) electrons. The summed E-state index contributed by atoms with van der Waals surface area (Å²) in [4.78, 5) is 13.0. The number of carboxylic acid groups (broad SMARTS) is 1. The van der Waals surface area contributed by atoms with Crippen LogP contribution in [0.15, 0.2) is 24.3 Å². The summed E-state index contributed by atoms with van der Waals surface area (Å²) in [6.07, 6.45) is 21.1. The average molecular weight is 434 g/mol. The highest BCUT2D eigenvalue weighted by Crippen LogP contribution is 2.14. The molecule has 0 aliphatic heterocycles. The maximum Gasteiger partial charge on any atom is 0.407 e. The summed E-state index contributed by atoms with van der Waals surface area (Å²) in [6.45, 7) is 3.40. The van der Waals surface area contributed by atoms with Gasteiger partial charge in [-0.3, -0.25) is 0 Å². The number of unbranched alkanes of at least 4 members (excludes halogenated alkanes) is 15. The van der Waals surface area contributed by atoms with E-state index in [1.807, 2.05) is 12.1 Å². The number of hydrogen-bond donors (Lipinski definition) is 2. The quantitative estimate of drug-likeness (QED) is 0.204. The second-order valence-corrected chi connectivity index (χ2v) is 8.99. The van der Waals surface area contributed by atoms with Gasteiger partial charge in [0.2, 0.25) is 0 Å². The molecule has 31 heavy (non-hydrogen) atoms. The van der Waals surface area contributed by atoms with E-state index in [1.165, 1.54) is 94.8 Å². The van der Waals surface area contributed by atoms with Gasteiger partial charge in [0.15, 0.2) is 0 Å². The van der Waals surface area contributed by atoms with Crippen LogP contribution in [0.5, 0.6) is 5.75 Å². The fourth-order valence-corrected chi connectivity index (χ4v) is 4.08. The molecule has 0 aromatic heterocycles. The SMILES string of the molecule is CCCCCCCCCCCCCCCCCCN(CCc1ccc(O)cc1)C(=O)O. The second-order valence-electron chi connectivity index (χ2n) is 8.99. The molecule has 4 heteroatoms. The molecular weight excluding hydrogens is 386 g/mol. The fraction of sp³-hybridized carbons (Fsp3) is 0.741. The summed E-state index contributed by atoms with van der Waals surface area (Å²) in [5, 5.41) is 18.7. The first-order valence-electron chi connectivity index (χ1n) is 12.9. The van der Waals surface area contributed by atoms with E-state index in [2.05, 4.69) is 6.92 Å². The Hall–Kier alpha value is -1.71. The average Bonchev–Trinajstić information content (AvgIpc) is 2.76. The van der Waals surface area contributed by atoms with Crippen LogP contribution < -0.4 is 0 Å². The van der Waals surface area contributed by atoms with Crippen molar-refractivity contribution in [2.45, 2.75) is 116 Å². The number of hydrogen-bond acceptors (Lipinski definition) is 2. The molecule has 0 aliphatic rings. The van der Waals surface area contributed by atoms with Crippen molar-refractivity contribution in [3.8, 4) is 5.75 Å². The van der Waals surface area contributed by atoms with Gasteiger partial charge in [0.05, 0.1) is 0 Å². The highest BCUT2D eigenvalue weighted by atomic mass is 16.4. The van der Waals surface area contributed by atoms with Gasteiger partial charge in [-0.15, -0.1) is 0 Å². The number of rotatable bonds is 20. The third-order valence-corrected chi connectivity index (χ3v) is 6.16. The van der Waals surface area contributed by atoms with Gasteiger partial charge in [0.1, 0.15) is 5.75 Å². The third kappa shape index (κ3) is 15.7. The molecule has 0 fully saturated rings. The van der Waals surface area contributed by atoms with Crippen LogP contribution in [-0.2, 0) is 6.42 Å². The van der Waals surface area contributed by atoms with Crippen molar-refractivity contribution < 1.29 is 15.0 Å². The predicted molar refractivity (Wildman–Crippen MR) is 131 cm³/mol. The molecule has 178 valence electrons. The molecule has 0 unspecified atom stereocenters. The molecule has 0 saturated heterocycles. The topological polar surface area (TPSA) is 60.8 Å². The molecule has 4 nitrogen and oxygen atoms in total. The van der Waals surface area contributed by atoms with Crippen molar-refractivity contribution in [2.24, 2.45) is 0 Å². The van der Waals surface area contributed by atoms with E-state index < -0.39 is 6.09 Å². The van der Waals surface area contributed by atoms with Crippen LogP contribution in [0.1, 0.15) is 115 Å². The first-order chi connectivity index (χ1) is 15.1. The van der Waals surface area contributed by atoms with Crippen LogP contribution >= 0.6 is 0 Å². The summed E-state index contributed by atoms with van der Waals surface area (Å²) < 4.78 is 0. The van der Waals surface area contributed by atoms with E-state index in [1.54, 1.807) is 12.1 Å². The van der Waals surface area contributed by atoms with Gasteiger partial charge in [0.25, 0.3) is 0 Å². The number of phenolic OH excluding ortho intramolecular Hbond substituents is 1. The van der Waals surface area contributed by atoms with Crippen LogP contribution in [-0.4, -0.2) is 34.3 Å². The zero-order chi connectivity index (χ0) is 22.6. The van der Waals surface area contributed by atoms with Crippen LogP contribution in [0.4, 0.5) is 4.79 Å². The Morgan fingerprint density at radius 1 is 0.677 bits per heavy atom. The predicted octanol–water partition coefficient (Wildman–Crippen LogP) is 8.18. The van der Waals surface area contributed by atoms with Crippen LogP contribution in [0.3, 0.4) is 0 Å². The van der Waals surface area contributed by atoms with Gasteiger partial charge in [-0.05, 0) is 30.5 Å². The first kappa shape index (κ1) is 27.3. The summed E-state index contributed by atoms with van der Waals surface area (Å²) >= 11 is 0. The Morgan fingerprint density at radius 3 is 1.52 bits per heavy atom. The van der Waals surface area contributed by atoms with Crippen molar-refractivity contribution in [2.75, 3.05) is 13.1 Å². The van der Waals surface area contributed by atoms with Gasteiger partial charge >= 0.3 is 6.09 Å². The van der Waals surface area contributed by atoms with Crippen LogP contribution in [0, 0.1) is 0 Å². The van der Waals surface area contributed by atoms with E-state index in [0.717, 1.165) is 18.4 Å². The van der Waals surface area contributed by atoms with E-state index in [-0.39, 0.29) is 5.75 Å². The molecule has 0 spiro atoms. The smallest absolute Gasteiger partial charge is 0.407 e. The van der Waals surface area contributed by atoms with Crippen molar-refractivity contribution in [1.82, 2.24) is 4.90 Å². The van der Waals surface area contributed by atoms with Crippen molar-refractivity contribution in [3.05, 3.63) is 29.8 Å². The normalized spacial score (nSPS) is 11.0. The van der Waals surface area contributed by atoms with Crippen LogP contribution in [0.25, 0.3) is 0 Å². The van der Waals surface area contributed by atoms with Gasteiger partial charge in [0, 0.05) is 13.1 Å². The minimum atomic E-state index is -0.834. The molecule has 0 aliphatic carbocycles. The largest absolute Gasteiger partial charge is 0.508 e. The highest BCUT2D eigenvalue weighted by Gasteiger charge is 2.11. The lowest BCUT2D eigenvalue weighted by Gasteiger charge is -2.19. The summed E-state index contributed by atoms with van der Waals surface area (Å²) in [7, 11) is 0. The Morgan fingerprint density at radius 2 is 1.10 bits per heavy atom. The molecule has 1 aromatic carbocycles. The highest BCUT2D eigenvalue weighted by molar-refractivity contribution is 5.64. The molecule has 0 heterocycles. The van der Waals surface area contributed by atoms with E-state index in [9.17, 15) is 15.0 Å². The molecule has 1 aromatic rings. The minimum absolute atomic E-state index is 0.243. The van der Waals surface area contributed by atoms with E-state index in [0.29, 0.717) is 19.5 Å². The number of carbonyl (C=O) groups is 1. The minimum Gasteiger partial charge on any atom is -0.508 e. The zero-order valence-electron chi connectivity index (χ0n) is 20.0. The summed E-state index contributed by atoms with van der Waals surface area (Å²) in [5.41, 5.74) is 1.05. The fourth-order valence-electron chi connectivity index (χ4n) is 4.08. The molecule has 1 rings (SSSR count). The van der Waals surface area contributed by atoms with Crippen LogP contribution in [0.2, 0.25) is 0 Å². The number of amides is 1. The van der Waals surface area contributed by atoms with Crippen molar-refractivity contribution in [3.63, 3.8) is 0 Å². The first-order valence-corrected chi connectivity index (χ1v) is 12.9. The van der Waals surface area contributed by atoms with Gasteiger partial charge in [-0.1, -0.05) is 115 Å². The number of benzene rings is 1. The Balaban J connectivity index is 1.91. The number of phenols is 1. The maximum atomic E-state index is 11.5. The molecular formula is C27H47NO3. The van der Waals surface area contributed by atoms with E-state index in [4.69, 9.17) is 0 Å². The molecule has 0 bridgehead atoms. The van der Waals surface area contributed by atoms with Gasteiger partial charge in [-0.25, -0.2) is 4.79 Å². The molecule has 0 saturated carbocycles. The monoisotopic (exact) mass is 433 g/mol. The van der Waals surface area contributed by atoms with Crippen molar-refractivity contribution >= 4 is 6.09 Å². The second kappa shape index (κ2) is 19.0. The lowest BCUT2D eigenvalue weighted by Crippen LogP contribution is -2.32. The molecule has 1 amide bonds. The Bertz CT molecular complexity index is 544. The van der Waals surface area contributed by atoms with Gasteiger partial charge in [-0.2, -0.15) is 0 Å². The zero-order valence-corrected chi connectivity index (χ0v) is 20.0. The molecule has 2 N–H and O–H groups in total. The number of aromatic hydroxyl groups is 1. The summed E-state index contributed by atoms with van der Waals surface area (Å²) in [5.74, 6) is 0.243. The standard InChI is InChI=1S/C27H47NO3/c1-2-3-4-5-6-7-8-9-10-11-12-13-14-15-16-17-23-28(27(30)31)24-22-25-18-20-26(29)21-19-25/h18-21,29H,2-17,22-24H2,1H3,(H,30,31). The lowest BCUT2D eigenvalue weighted by molar-refractivity contribution is 0.144. The Kier molecular flexibility index (Phi) is 16.8. The number of nitrogens with zero attached hydrogens (tertiary/aromatic N) is 1. The van der Waals surface area contributed by atoms with E-state index >= 15 is 0 Å². The summed E-state index contributed by atoms with van der Waals surface area (Å²) in [6, 6.07) is 7.00. The van der Waals surface area contributed by atoms with Gasteiger partial charge < -0.3 is 15.1 Å².